The largest absolute Gasteiger partial charge is 0.331 e. The van der Waals surface area contributed by atoms with Crippen molar-refractivity contribution in [1.29, 1.82) is 5.26 Å². The maximum absolute atomic E-state index is 11.9. The number of nitrogens with zero attached hydrogens (tertiary/aromatic N) is 1. The first kappa shape index (κ1) is 15.5. The normalized spacial score (nSPS) is 10.7. The molecule has 0 atom stereocenters. The first-order valence-electron chi connectivity index (χ1n) is 7.52. The van der Waals surface area contributed by atoms with E-state index in [0.717, 1.165) is 11.1 Å². The molecule has 2 aromatic heterocycles. The summed E-state index contributed by atoms with van der Waals surface area (Å²) in [4.78, 5) is 18.4. The van der Waals surface area contributed by atoms with Crippen LogP contribution in [0.5, 0.6) is 0 Å². The second-order valence-electron chi connectivity index (χ2n) is 5.50. The van der Waals surface area contributed by atoms with Gasteiger partial charge in [0.05, 0.1) is 5.69 Å². The lowest BCUT2D eigenvalue weighted by molar-refractivity contribution is 1.08. The number of H-pyrrole nitrogens is 2. The van der Waals surface area contributed by atoms with E-state index in [2.05, 4.69) is 28.2 Å². The molecule has 2 heterocycles. The molecule has 0 unspecified atom stereocenters. The van der Waals surface area contributed by atoms with E-state index in [1.54, 1.807) is 11.3 Å². The quantitative estimate of drug-likeness (QED) is 0.501. The van der Waals surface area contributed by atoms with E-state index in [0.29, 0.717) is 5.69 Å². The Labute approximate surface area is 152 Å². The molecule has 6 heteroatoms. The maximum atomic E-state index is 11.9. The molecule has 2 aromatic carbocycles. The number of benzene rings is 2. The second-order valence-corrected chi connectivity index (χ2v) is 6.99. The van der Waals surface area contributed by atoms with Crippen LogP contribution in [0.25, 0.3) is 31.8 Å². The first-order chi connectivity index (χ1) is 12.2. The monoisotopic (exact) mass is 361 g/mol. The van der Waals surface area contributed by atoms with Gasteiger partial charge < -0.3 is 4.98 Å². The van der Waals surface area contributed by atoms with Gasteiger partial charge in [0.25, 0.3) is 5.56 Å². The molecule has 0 saturated carbocycles. The molecule has 0 bridgehead atoms. The van der Waals surface area contributed by atoms with E-state index >= 15 is 0 Å². The van der Waals surface area contributed by atoms with Crippen molar-refractivity contribution in [2.45, 2.75) is 0 Å². The van der Waals surface area contributed by atoms with Crippen LogP contribution in [-0.4, -0.2) is 9.97 Å². The van der Waals surface area contributed by atoms with Crippen molar-refractivity contribution in [2.75, 3.05) is 0 Å². The molecular formula is C19H11N3OS2. The summed E-state index contributed by atoms with van der Waals surface area (Å²) in [7, 11) is 0. The molecule has 0 saturated heterocycles. The summed E-state index contributed by atoms with van der Waals surface area (Å²) in [6, 6.07) is 20.1. The van der Waals surface area contributed by atoms with E-state index in [1.165, 1.54) is 15.0 Å². The molecule has 0 fully saturated rings. The summed E-state index contributed by atoms with van der Waals surface area (Å²) in [6.07, 6.45) is 0. The molecule has 0 amide bonds. The molecule has 25 heavy (non-hydrogen) atoms. The van der Waals surface area contributed by atoms with Crippen LogP contribution in [0, 0.1) is 16.1 Å². The summed E-state index contributed by atoms with van der Waals surface area (Å²) in [5.41, 5.74) is 1.84. The summed E-state index contributed by atoms with van der Waals surface area (Å²) < 4.78 is 1.44. The van der Waals surface area contributed by atoms with Gasteiger partial charge in [-0.25, -0.2) is 0 Å². The van der Waals surface area contributed by atoms with Gasteiger partial charge in [-0.05, 0) is 40.9 Å². The zero-order chi connectivity index (χ0) is 17.4. The van der Waals surface area contributed by atoms with E-state index in [-0.39, 0.29) is 10.3 Å². The number of rotatable bonds is 2. The molecule has 0 aliphatic rings. The Morgan fingerprint density at radius 3 is 2.44 bits per heavy atom. The summed E-state index contributed by atoms with van der Waals surface area (Å²) in [5, 5.41) is 10.5. The lowest BCUT2D eigenvalue weighted by Gasteiger charge is -2.05. The number of hydrogen-bond donors (Lipinski definition) is 2. The van der Waals surface area contributed by atoms with E-state index < -0.39 is 5.56 Å². The number of fused-ring (bicyclic) bond motifs is 1. The lowest BCUT2D eigenvalue weighted by atomic mass is 10.0. The zero-order valence-corrected chi connectivity index (χ0v) is 14.5. The van der Waals surface area contributed by atoms with Gasteiger partial charge in [-0.3, -0.25) is 9.78 Å². The van der Waals surface area contributed by atoms with Crippen LogP contribution in [-0.2, 0) is 0 Å². The topological polar surface area (TPSA) is 72.4 Å². The Bertz CT molecular complexity index is 1210. The maximum Gasteiger partial charge on any atom is 0.270 e. The number of nitrogens with one attached hydrogen (secondary N) is 2. The van der Waals surface area contributed by atoms with Crippen molar-refractivity contribution in [2.24, 2.45) is 0 Å². The lowest BCUT2D eigenvalue weighted by Crippen LogP contribution is -2.13. The Kier molecular flexibility index (Phi) is 3.80. The highest BCUT2D eigenvalue weighted by atomic mass is 32.1. The van der Waals surface area contributed by atoms with Gasteiger partial charge in [-0.2, -0.15) is 5.26 Å². The number of nitriles is 1. The van der Waals surface area contributed by atoms with Crippen LogP contribution < -0.4 is 5.56 Å². The molecule has 4 nitrogen and oxygen atoms in total. The standard InChI is InChI=1S/C19H11N3OS2/c20-10-14-17(21-19(24)22-18(14)23)12-7-5-11(6-8-12)16-9-13-3-1-2-4-15(13)25-16/h1-9H,(H2,21,22,23,24). The van der Waals surface area contributed by atoms with Crippen LogP contribution in [0.4, 0.5) is 0 Å². The SMILES string of the molecule is N#Cc1c(-c2ccc(-c3cc4ccccc4s3)cc2)[nH]c(=S)[nH]c1=O. The Hall–Kier alpha value is -3.01. The van der Waals surface area contributed by atoms with Crippen molar-refractivity contribution in [3.05, 3.63) is 75.3 Å². The second kappa shape index (κ2) is 6.13. The average Bonchev–Trinajstić information content (AvgIpc) is 3.05. The number of hydrogen-bond acceptors (Lipinski definition) is 4. The van der Waals surface area contributed by atoms with Gasteiger partial charge in [0, 0.05) is 9.58 Å². The van der Waals surface area contributed by atoms with Crippen molar-refractivity contribution in [1.82, 2.24) is 9.97 Å². The minimum atomic E-state index is -0.477. The fourth-order valence-corrected chi connectivity index (χ4v) is 4.00. The Morgan fingerprint density at radius 2 is 1.72 bits per heavy atom. The fourth-order valence-electron chi connectivity index (χ4n) is 2.73. The number of thiophene rings is 1. The van der Waals surface area contributed by atoms with Crippen molar-refractivity contribution in [3.63, 3.8) is 0 Å². The van der Waals surface area contributed by atoms with Crippen molar-refractivity contribution in [3.8, 4) is 27.8 Å². The van der Waals surface area contributed by atoms with E-state index in [4.69, 9.17) is 12.2 Å². The van der Waals surface area contributed by atoms with Gasteiger partial charge in [-0.1, -0.05) is 42.5 Å². The predicted molar refractivity (Wildman–Crippen MR) is 103 cm³/mol. The van der Waals surface area contributed by atoms with Gasteiger partial charge >= 0.3 is 0 Å². The van der Waals surface area contributed by atoms with Gasteiger partial charge in [0.2, 0.25) is 0 Å². The smallest absolute Gasteiger partial charge is 0.270 e. The van der Waals surface area contributed by atoms with Crippen LogP contribution >= 0.6 is 23.6 Å². The predicted octanol–water partition coefficient (Wildman–Crippen LogP) is 4.85. The number of aromatic amines is 2. The molecule has 0 aliphatic heterocycles. The Balaban J connectivity index is 1.80. The Morgan fingerprint density at radius 1 is 1.00 bits per heavy atom. The minimum absolute atomic E-state index is 0.0308. The third kappa shape index (κ3) is 2.80. The summed E-state index contributed by atoms with van der Waals surface area (Å²) >= 11 is 6.75. The molecule has 0 radical (unpaired) electrons. The number of aromatic nitrogens is 2. The third-order valence-corrected chi connectivity index (χ3v) is 5.31. The van der Waals surface area contributed by atoms with E-state index in [9.17, 15) is 10.1 Å². The van der Waals surface area contributed by atoms with Gasteiger partial charge in [0.1, 0.15) is 11.6 Å². The molecule has 0 aliphatic carbocycles. The van der Waals surface area contributed by atoms with Crippen LogP contribution in [0.2, 0.25) is 0 Å². The van der Waals surface area contributed by atoms with Crippen molar-refractivity contribution < 1.29 is 0 Å². The minimum Gasteiger partial charge on any atom is -0.331 e. The first-order valence-corrected chi connectivity index (χ1v) is 8.74. The highest BCUT2D eigenvalue weighted by Gasteiger charge is 2.11. The van der Waals surface area contributed by atoms with Crippen LogP contribution in [0.3, 0.4) is 0 Å². The van der Waals surface area contributed by atoms with Crippen LogP contribution in [0.1, 0.15) is 5.56 Å². The fraction of sp³-hybridized carbons (Fsp3) is 0. The molecule has 4 rings (SSSR count). The van der Waals surface area contributed by atoms with Crippen LogP contribution in [0.15, 0.2) is 59.4 Å². The molecule has 4 aromatic rings. The summed E-state index contributed by atoms with van der Waals surface area (Å²) in [5.74, 6) is 0. The van der Waals surface area contributed by atoms with E-state index in [1.807, 2.05) is 42.5 Å². The molecule has 2 N–H and O–H groups in total. The summed E-state index contributed by atoms with van der Waals surface area (Å²) in [6.45, 7) is 0. The highest BCUT2D eigenvalue weighted by Crippen LogP contribution is 2.34. The van der Waals surface area contributed by atoms with Gasteiger partial charge in [0.15, 0.2) is 4.77 Å². The van der Waals surface area contributed by atoms with Gasteiger partial charge in [-0.15, -0.1) is 11.3 Å². The molecule has 120 valence electrons. The molecule has 0 spiro atoms. The average molecular weight is 361 g/mol. The third-order valence-electron chi connectivity index (χ3n) is 3.94. The van der Waals surface area contributed by atoms with Crippen molar-refractivity contribution >= 4 is 33.6 Å². The molecular weight excluding hydrogens is 350 g/mol. The zero-order valence-electron chi connectivity index (χ0n) is 12.9. The highest BCUT2D eigenvalue weighted by molar-refractivity contribution is 7.71.